The lowest BCUT2D eigenvalue weighted by Gasteiger charge is -2.60. The number of carbonyl (C=O) groups excluding carboxylic acids is 4. The van der Waals surface area contributed by atoms with E-state index in [-0.39, 0.29) is 47.3 Å². The summed E-state index contributed by atoms with van der Waals surface area (Å²) in [6.45, 7) is 0. The van der Waals surface area contributed by atoms with Crippen molar-refractivity contribution in [3.8, 4) is 0 Å². The van der Waals surface area contributed by atoms with Gasteiger partial charge in [-0.2, -0.15) is 0 Å². The summed E-state index contributed by atoms with van der Waals surface area (Å²) in [5.41, 5.74) is 1.23. The fraction of sp³-hybridized carbons (Fsp3) is 0.235. The van der Waals surface area contributed by atoms with E-state index in [0.29, 0.717) is 11.4 Å². The first-order valence-electron chi connectivity index (χ1n) is 14.0. The Labute approximate surface area is 229 Å². The highest BCUT2D eigenvalue weighted by atomic mass is 16.2. The number of benzene rings is 4. The fourth-order valence-corrected chi connectivity index (χ4v) is 8.88. The average molecular weight is 525 g/mol. The van der Waals surface area contributed by atoms with Crippen LogP contribution in [-0.2, 0) is 19.2 Å². The molecule has 4 aliphatic carbocycles. The van der Waals surface area contributed by atoms with Crippen LogP contribution in [0.5, 0.6) is 0 Å². The largest absolute Gasteiger partial charge is 0.274 e. The Morgan fingerprint density at radius 3 is 1.25 bits per heavy atom. The lowest BCUT2D eigenvalue weighted by atomic mass is 9.40. The zero-order valence-electron chi connectivity index (χ0n) is 21.4. The van der Waals surface area contributed by atoms with Crippen molar-refractivity contribution in [3.63, 3.8) is 0 Å². The number of amides is 4. The van der Waals surface area contributed by atoms with Crippen LogP contribution in [0.1, 0.15) is 0 Å². The molecule has 6 nitrogen and oxygen atoms in total. The fourth-order valence-electron chi connectivity index (χ4n) is 8.88. The summed E-state index contributed by atoms with van der Waals surface area (Å²) in [5, 5.41) is 3.67. The van der Waals surface area contributed by atoms with Crippen LogP contribution in [0.15, 0.2) is 97.1 Å². The lowest BCUT2D eigenvalue weighted by Crippen LogP contribution is -2.63. The van der Waals surface area contributed by atoms with Crippen LogP contribution in [0.4, 0.5) is 11.4 Å². The summed E-state index contributed by atoms with van der Waals surface area (Å²) in [4.78, 5) is 58.7. The smallest absolute Gasteiger partial charge is 0.238 e. The van der Waals surface area contributed by atoms with Crippen molar-refractivity contribution in [1.82, 2.24) is 0 Å². The van der Waals surface area contributed by atoms with E-state index < -0.39 is 23.7 Å². The molecular formula is C34H24N2O4. The SMILES string of the molecule is O=C1[C@@H]2[C@H]3C=C[C@@H]([C@@H]2C(=O)N1c1cccc2ccccc12)[C@H]1[C@H]2C(=O)N(c4cccc5ccccc45)C(=O)[C@@H]2[C@H]31. The van der Waals surface area contributed by atoms with Crippen molar-refractivity contribution < 1.29 is 19.2 Å². The van der Waals surface area contributed by atoms with Crippen molar-refractivity contribution in [3.05, 3.63) is 97.1 Å². The lowest BCUT2D eigenvalue weighted by molar-refractivity contribution is -0.166. The zero-order chi connectivity index (χ0) is 26.9. The molecule has 0 aromatic heterocycles. The molecule has 2 heterocycles. The molecule has 4 aromatic carbocycles. The van der Waals surface area contributed by atoms with Crippen molar-refractivity contribution >= 4 is 56.5 Å². The molecule has 4 amide bonds. The van der Waals surface area contributed by atoms with Gasteiger partial charge in [-0.15, -0.1) is 0 Å². The Balaban J connectivity index is 1.11. The van der Waals surface area contributed by atoms with Gasteiger partial charge in [-0.3, -0.25) is 19.2 Å². The van der Waals surface area contributed by atoms with Gasteiger partial charge in [-0.1, -0.05) is 84.9 Å². The molecule has 2 aliphatic heterocycles. The zero-order valence-corrected chi connectivity index (χ0v) is 21.4. The number of nitrogens with zero attached hydrogens (tertiary/aromatic N) is 2. The van der Waals surface area contributed by atoms with E-state index in [9.17, 15) is 19.2 Å². The third kappa shape index (κ3) is 2.50. The predicted octanol–water partition coefficient (Wildman–Crippen LogP) is 4.97. The normalized spacial score (nSPS) is 33.5. The minimum absolute atomic E-state index is 0.109. The third-order valence-corrected chi connectivity index (χ3v) is 10.4. The van der Waals surface area contributed by atoms with Gasteiger partial charge in [0, 0.05) is 10.8 Å². The molecular weight excluding hydrogens is 500 g/mol. The van der Waals surface area contributed by atoms with E-state index in [1.807, 2.05) is 84.9 Å². The van der Waals surface area contributed by atoms with Crippen LogP contribution >= 0.6 is 0 Å². The number of imide groups is 2. The number of hydrogen-bond acceptors (Lipinski definition) is 4. The number of anilines is 2. The highest BCUT2D eigenvalue weighted by molar-refractivity contribution is 6.27. The topological polar surface area (TPSA) is 74.8 Å². The summed E-state index contributed by atoms with van der Waals surface area (Å²) in [5.74, 6) is -3.32. The molecule has 6 aliphatic rings. The first-order valence-corrected chi connectivity index (χ1v) is 14.0. The molecule has 40 heavy (non-hydrogen) atoms. The number of allylic oxidation sites excluding steroid dienone is 2. The highest BCUT2D eigenvalue weighted by Crippen LogP contribution is 2.68. The molecule has 194 valence electrons. The Kier molecular flexibility index (Phi) is 4.19. The standard InChI is InChI=1S/C34H24N2O4/c37-31-27-21-15-16-22(28(27)32(38)35(31)23-13-5-9-17-7-1-3-11-19(17)23)26-25(21)29-30(26)34(40)36(33(29)39)24-14-6-10-18-8-2-4-12-20(18)24/h1-16,21-22,25-30H/t21-,22+,25-,26-,27+,28-,29-,30-/m1/s1. The van der Waals surface area contributed by atoms with Crippen molar-refractivity contribution in [2.75, 3.05) is 9.80 Å². The van der Waals surface area contributed by atoms with Gasteiger partial charge in [0.25, 0.3) is 0 Å². The number of carbonyl (C=O) groups is 4. The maximum Gasteiger partial charge on any atom is 0.238 e. The van der Waals surface area contributed by atoms with Gasteiger partial charge < -0.3 is 0 Å². The molecule has 4 fully saturated rings. The van der Waals surface area contributed by atoms with Crippen LogP contribution < -0.4 is 9.80 Å². The van der Waals surface area contributed by atoms with Crippen LogP contribution in [0.3, 0.4) is 0 Å². The van der Waals surface area contributed by atoms with Gasteiger partial charge in [0.15, 0.2) is 0 Å². The van der Waals surface area contributed by atoms with Crippen molar-refractivity contribution in [2.24, 2.45) is 47.3 Å². The van der Waals surface area contributed by atoms with E-state index in [1.165, 1.54) is 9.80 Å². The molecule has 6 heteroatoms. The summed E-state index contributed by atoms with van der Waals surface area (Å²) in [6.07, 6.45) is 4.11. The van der Waals surface area contributed by atoms with Crippen molar-refractivity contribution in [2.45, 2.75) is 0 Å². The Bertz CT molecular complexity index is 1810. The van der Waals surface area contributed by atoms with E-state index in [2.05, 4.69) is 12.2 Å². The molecule has 2 saturated heterocycles. The summed E-state index contributed by atoms with van der Waals surface area (Å²) in [6, 6.07) is 26.9. The van der Waals surface area contributed by atoms with Gasteiger partial charge in [0.05, 0.1) is 35.0 Å². The number of hydrogen-bond donors (Lipinski definition) is 0. The van der Waals surface area contributed by atoms with Gasteiger partial charge in [-0.05, 0) is 46.6 Å². The summed E-state index contributed by atoms with van der Waals surface area (Å²) in [7, 11) is 0. The quantitative estimate of drug-likeness (QED) is 0.274. The molecule has 0 N–H and O–H groups in total. The first-order chi connectivity index (χ1) is 19.6. The van der Waals surface area contributed by atoms with Gasteiger partial charge in [0.1, 0.15) is 0 Å². The predicted molar refractivity (Wildman–Crippen MR) is 150 cm³/mol. The van der Waals surface area contributed by atoms with E-state index in [4.69, 9.17) is 0 Å². The molecule has 10 rings (SSSR count). The third-order valence-electron chi connectivity index (χ3n) is 10.4. The molecule has 0 spiro atoms. The number of rotatable bonds is 2. The molecule has 2 saturated carbocycles. The van der Waals surface area contributed by atoms with Gasteiger partial charge >= 0.3 is 0 Å². The van der Waals surface area contributed by atoms with E-state index >= 15 is 0 Å². The Morgan fingerprint density at radius 1 is 0.425 bits per heavy atom. The molecule has 4 aromatic rings. The first kappa shape index (κ1) is 22.3. The summed E-state index contributed by atoms with van der Waals surface area (Å²) >= 11 is 0. The number of fused-ring (bicyclic) bond motifs is 3. The second-order valence-electron chi connectivity index (χ2n) is 11.8. The summed E-state index contributed by atoms with van der Waals surface area (Å²) < 4.78 is 0. The van der Waals surface area contributed by atoms with E-state index in [1.54, 1.807) is 0 Å². The second-order valence-corrected chi connectivity index (χ2v) is 11.8. The minimum Gasteiger partial charge on any atom is -0.274 e. The maximum atomic E-state index is 14.0. The minimum atomic E-state index is -0.502. The highest BCUT2D eigenvalue weighted by Gasteiger charge is 2.75. The molecule has 0 unspecified atom stereocenters. The van der Waals surface area contributed by atoms with Crippen molar-refractivity contribution in [1.29, 1.82) is 0 Å². The average Bonchev–Trinajstić information content (AvgIpc) is 3.36. The van der Waals surface area contributed by atoms with Crippen LogP contribution in [0.25, 0.3) is 21.5 Å². The monoisotopic (exact) mass is 524 g/mol. The Morgan fingerprint density at radius 2 is 0.800 bits per heavy atom. The van der Waals surface area contributed by atoms with Crippen LogP contribution in [-0.4, -0.2) is 23.6 Å². The maximum absolute atomic E-state index is 14.0. The van der Waals surface area contributed by atoms with Crippen LogP contribution in [0.2, 0.25) is 0 Å². The molecule has 2 bridgehead atoms. The van der Waals surface area contributed by atoms with E-state index in [0.717, 1.165) is 21.5 Å². The van der Waals surface area contributed by atoms with Gasteiger partial charge in [0.2, 0.25) is 23.6 Å². The second kappa shape index (κ2) is 7.54. The molecule has 0 radical (unpaired) electrons. The van der Waals surface area contributed by atoms with Crippen LogP contribution in [0, 0.1) is 47.3 Å². The van der Waals surface area contributed by atoms with Gasteiger partial charge in [-0.25, -0.2) is 9.80 Å². The molecule has 8 atom stereocenters. The Hall–Kier alpha value is -4.58.